The Kier molecular flexibility index (Phi) is 4.55. The predicted octanol–water partition coefficient (Wildman–Crippen LogP) is 3.69. The maximum atomic E-state index is 12.3. The first-order valence-corrected chi connectivity index (χ1v) is 7.89. The van der Waals surface area contributed by atoms with Crippen LogP contribution in [-0.2, 0) is 9.53 Å². The van der Waals surface area contributed by atoms with Crippen LogP contribution in [0.2, 0.25) is 5.02 Å². The fraction of sp³-hybridized carbons (Fsp3) is 0.278. The first-order valence-electron chi connectivity index (χ1n) is 7.51. The summed E-state index contributed by atoms with van der Waals surface area (Å²) in [6.07, 6.45) is -1.39. The number of fused-ring (bicyclic) bond motifs is 1. The largest absolute Gasteiger partial charge is 0.455 e. The zero-order valence-electron chi connectivity index (χ0n) is 13.0. The van der Waals surface area contributed by atoms with E-state index in [1.54, 1.807) is 12.1 Å². The number of rotatable bonds is 3. The SMILES string of the molecule is CC(C)NC(=O)[C@H]1Oc2ccc(Cl)cc2[C@@H](c2ccccc2)O1. The van der Waals surface area contributed by atoms with Crippen molar-refractivity contribution in [3.05, 3.63) is 64.7 Å². The van der Waals surface area contributed by atoms with Gasteiger partial charge >= 0.3 is 0 Å². The minimum absolute atomic E-state index is 0.0106. The van der Waals surface area contributed by atoms with Gasteiger partial charge in [-0.05, 0) is 37.6 Å². The first kappa shape index (κ1) is 15.8. The van der Waals surface area contributed by atoms with Crippen molar-refractivity contribution in [1.29, 1.82) is 0 Å². The highest BCUT2D eigenvalue weighted by molar-refractivity contribution is 6.30. The number of ether oxygens (including phenoxy) is 2. The van der Waals surface area contributed by atoms with Crippen LogP contribution in [0.4, 0.5) is 0 Å². The molecule has 2 aromatic carbocycles. The van der Waals surface area contributed by atoms with Gasteiger partial charge < -0.3 is 14.8 Å². The Bertz CT molecular complexity index is 703. The summed E-state index contributed by atoms with van der Waals surface area (Å²) in [7, 11) is 0. The van der Waals surface area contributed by atoms with E-state index in [2.05, 4.69) is 5.32 Å². The van der Waals surface area contributed by atoms with Crippen molar-refractivity contribution in [2.45, 2.75) is 32.3 Å². The van der Waals surface area contributed by atoms with Crippen LogP contribution in [0, 0.1) is 0 Å². The standard InChI is InChI=1S/C18H18ClNO3/c1-11(2)20-17(21)18-22-15-9-8-13(19)10-14(15)16(23-18)12-6-4-3-5-7-12/h3-11,16,18H,1-2H3,(H,20,21)/t16-,18+/m1/s1. The molecule has 1 aliphatic rings. The molecular formula is C18H18ClNO3. The minimum atomic E-state index is -0.990. The summed E-state index contributed by atoms with van der Waals surface area (Å²) in [6.45, 7) is 3.78. The Labute approximate surface area is 140 Å². The molecule has 1 aliphatic heterocycles. The highest BCUT2D eigenvalue weighted by atomic mass is 35.5. The third-order valence-corrected chi connectivity index (χ3v) is 3.73. The topological polar surface area (TPSA) is 47.6 Å². The van der Waals surface area contributed by atoms with Crippen molar-refractivity contribution in [3.63, 3.8) is 0 Å². The molecule has 0 saturated carbocycles. The molecule has 0 bridgehead atoms. The van der Waals surface area contributed by atoms with Gasteiger partial charge in [0.05, 0.1) is 0 Å². The van der Waals surface area contributed by atoms with Crippen LogP contribution >= 0.6 is 11.6 Å². The fourth-order valence-corrected chi connectivity index (χ4v) is 2.71. The Balaban J connectivity index is 1.97. The number of carbonyl (C=O) groups is 1. The number of hydrogen-bond acceptors (Lipinski definition) is 3. The van der Waals surface area contributed by atoms with Crippen molar-refractivity contribution in [2.75, 3.05) is 0 Å². The summed E-state index contributed by atoms with van der Waals surface area (Å²) in [5.74, 6) is 0.319. The van der Waals surface area contributed by atoms with E-state index in [0.29, 0.717) is 10.8 Å². The third kappa shape index (κ3) is 3.49. The monoisotopic (exact) mass is 331 g/mol. The molecule has 4 nitrogen and oxygen atoms in total. The Morgan fingerprint density at radius 2 is 1.91 bits per heavy atom. The van der Waals surface area contributed by atoms with Gasteiger partial charge in [0.25, 0.3) is 12.2 Å². The van der Waals surface area contributed by atoms with Crippen molar-refractivity contribution in [2.24, 2.45) is 0 Å². The number of carbonyl (C=O) groups excluding carboxylic acids is 1. The van der Waals surface area contributed by atoms with E-state index in [4.69, 9.17) is 21.1 Å². The van der Waals surface area contributed by atoms with E-state index < -0.39 is 12.4 Å². The molecule has 1 N–H and O–H groups in total. The number of nitrogens with one attached hydrogen (secondary N) is 1. The molecule has 0 unspecified atom stereocenters. The van der Waals surface area contributed by atoms with Gasteiger partial charge in [-0.25, -0.2) is 0 Å². The van der Waals surface area contributed by atoms with Crippen LogP contribution in [0.15, 0.2) is 48.5 Å². The molecular weight excluding hydrogens is 314 g/mol. The minimum Gasteiger partial charge on any atom is -0.455 e. The van der Waals surface area contributed by atoms with Gasteiger partial charge in [0.15, 0.2) is 0 Å². The second kappa shape index (κ2) is 6.60. The molecule has 0 fully saturated rings. The lowest BCUT2D eigenvalue weighted by atomic mass is 9.99. The second-order valence-corrected chi connectivity index (χ2v) is 6.16. The first-order chi connectivity index (χ1) is 11.0. The molecule has 5 heteroatoms. The Morgan fingerprint density at radius 1 is 1.17 bits per heavy atom. The summed E-state index contributed by atoms with van der Waals surface area (Å²) in [4.78, 5) is 12.3. The van der Waals surface area contributed by atoms with E-state index in [-0.39, 0.29) is 11.9 Å². The molecule has 0 spiro atoms. The molecule has 1 heterocycles. The molecule has 23 heavy (non-hydrogen) atoms. The lowest BCUT2D eigenvalue weighted by molar-refractivity contribution is -0.166. The average Bonchev–Trinajstić information content (AvgIpc) is 2.54. The number of amides is 1. The molecule has 120 valence electrons. The number of hydrogen-bond donors (Lipinski definition) is 1. The van der Waals surface area contributed by atoms with Gasteiger partial charge in [0, 0.05) is 16.6 Å². The van der Waals surface area contributed by atoms with Crippen LogP contribution in [0.5, 0.6) is 5.75 Å². The van der Waals surface area contributed by atoms with Crippen LogP contribution in [0.3, 0.4) is 0 Å². The van der Waals surface area contributed by atoms with E-state index >= 15 is 0 Å². The van der Waals surface area contributed by atoms with Crippen LogP contribution in [0.1, 0.15) is 31.1 Å². The summed E-state index contributed by atoms with van der Waals surface area (Å²) < 4.78 is 11.6. The summed E-state index contributed by atoms with van der Waals surface area (Å²) in [6, 6.07) is 15.0. The van der Waals surface area contributed by atoms with E-state index in [9.17, 15) is 4.79 Å². The van der Waals surface area contributed by atoms with Crippen molar-refractivity contribution in [3.8, 4) is 5.75 Å². The average molecular weight is 332 g/mol. The summed E-state index contributed by atoms with van der Waals surface area (Å²) in [5, 5.41) is 3.41. The third-order valence-electron chi connectivity index (χ3n) is 3.50. The van der Waals surface area contributed by atoms with Gasteiger partial charge in [-0.2, -0.15) is 0 Å². The summed E-state index contributed by atoms with van der Waals surface area (Å²) in [5.41, 5.74) is 1.76. The molecule has 2 aromatic rings. The fourth-order valence-electron chi connectivity index (χ4n) is 2.53. The van der Waals surface area contributed by atoms with Crippen molar-refractivity contribution in [1.82, 2.24) is 5.32 Å². The lowest BCUT2D eigenvalue weighted by Gasteiger charge is -2.32. The van der Waals surface area contributed by atoms with Gasteiger partial charge in [-0.15, -0.1) is 0 Å². The normalized spacial score (nSPS) is 19.8. The zero-order valence-corrected chi connectivity index (χ0v) is 13.7. The second-order valence-electron chi connectivity index (χ2n) is 5.72. The van der Waals surface area contributed by atoms with Crippen molar-refractivity contribution < 1.29 is 14.3 Å². The highest BCUT2D eigenvalue weighted by Crippen LogP contribution is 2.39. The molecule has 3 rings (SSSR count). The molecule has 0 aromatic heterocycles. The highest BCUT2D eigenvalue weighted by Gasteiger charge is 2.34. The number of benzene rings is 2. The van der Waals surface area contributed by atoms with Gasteiger partial charge in [-0.1, -0.05) is 41.9 Å². The Hall–Kier alpha value is -2.04. The molecule has 1 amide bonds. The zero-order chi connectivity index (χ0) is 16.4. The molecule has 2 atom stereocenters. The molecule has 0 radical (unpaired) electrons. The Morgan fingerprint density at radius 3 is 2.61 bits per heavy atom. The van der Waals surface area contributed by atoms with E-state index in [0.717, 1.165) is 11.1 Å². The van der Waals surface area contributed by atoms with E-state index in [1.807, 2.05) is 50.2 Å². The maximum Gasteiger partial charge on any atom is 0.289 e. The van der Waals surface area contributed by atoms with Gasteiger partial charge in [0.2, 0.25) is 0 Å². The van der Waals surface area contributed by atoms with Gasteiger partial charge in [0.1, 0.15) is 11.9 Å². The molecule has 0 saturated heterocycles. The smallest absolute Gasteiger partial charge is 0.289 e. The van der Waals surface area contributed by atoms with Gasteiger partial charge in [-0.3, -0.25) is 4.79 Å². The van der Waals surface area contributed by atoms with Crippen LogP contribution in [-0.4, -0.2) is 18.2 Å². The maximum absolute atomic E-state index is 12.3. The summed E-state index contributed by atoms with van der Waals surface area (Å²) >= 11 is 6.11. The predicted molar refractivity (Wildman–Crippen MR) is 88.5 cm³/mol. The quantitative estimate of drug-likeness (QED) is 0.933. The number of halogens is 1. The van der Waals surface area contributed by atoms with Crippen molar-refractivity contribution >= 4 is 17.5 Å². The lowest BCUT2D eigenvalue weighted by Crippen LogP contribution is -2.45. The van der Waals surface area contributed by atoms with E-state index in [1.165, 1.54) is 0 Å². The molecule has 0 aliphatic carbocycles. The van der Waals surface area contributed by atoms with Crippen LogP contribution in [0.25, 0.3) is 0 Å². The van der Waals surface area contributed by atoms with Crippen LogP contribution < -0.4 is 10.1 Å².